The van der Waals surface area contributed by atoms with Crippen molar-refractivity contribution in [2.24, 2.45) is 0 Å². The van der Waals surface area contributed by atoms with Crippen LogP contribution in [0.3, 0.4) is 0 Å². The number of benzene rings is 1. The summed E-state index contributed by atoms with van der Waals surface area (Å²) in [5.41, 5.74) is 1.22. The Morgan fingerprint density at radius 2 is 2.00 bits per heavy atom. The molecule has 0 bridgehead atoms. The zero-order valence-electron chi connectivity index (χ0n) is 15.7. The number of phenolic OH excluding ortho intramolecular Hbond substituents is 1. The van der Waals surface area contributed by atoms with Crippen LogP contribution >= 0.6 is 0 Å². The van der Waals surface area contributed by atoms with E-state index in [0.29, 0.717) is 17.8 Å². The number of rotatable bonds is 5. The Bertz CT molecular complexity index is 560. The van der Waals surface area contributed by atoms with Gasteiger partial charge in [-0.25, -0.2) is 0 Å². The van der Waals surface area contributed by atoms with Crippen LogP contribution in [0.5, 0.6) is 11.5 Å². The van der Waals surface area contributed by atoms with E-state index in [4.69, 9.17) is 4.74 Å². The third-order valence-electron chi connectivity index (χ3n) is 5.57. The van der Waals surface area contributed by atoms with Crippen LogP contribution in [0, 0.1) is 0 Å². The van der Waals surface area contributed by atoms with Crippen molar-refractivity contribution in [1.82, 2.24) is 20.0 Å². The van der Waals surface area contributed by atoms with E-state index in [0.717, 1.165) is 52.4 Å². The molecule has 2 fully saturated rings. The largest absolute Gasteiger partial charge is 0.504 e. The highest BCUT2D eigenvalue weighted by Crippen LogP contribution is 2.33. The summed E-state index contributed by atoms with van der Waals surface area (Å²) in [5.74, 6) is 0.765. The Morgan fingerprint density at radius 1 is 1.24 bits per heavy atom. The fraction of sp³-hybridized carbons (Fsp3) is 0.684. The van der Waals surface area contributed by atoms with Crippen molar-refractivity contribution in [3.05, 3.63) is 23.8 Å². The van der Waals surface area contributed by atoms with E-state index in [-0.39, 0.29) is 5.75 Å². The average Bonchev–Trinajstić information content (AvgIpc) is 2.63. The number of aromatic hydroxyl groups is 1. The maximum absolute atomic E-state index is 9.97. The van der Waals surface area contributed by atoms with Gasteiger partial charge in [0.2, 0.25) is 0 Å². The predicted molar refractivity (Wildman–Crippen MR) is 100 cm³/mol. The number of nitrogens with zero attached hydrogens (tertiary/aromatic N) is 3. The van der Waals surface area contributed by atoms with E-state index in [1.807, 2.05) is 12.1 Å². The third kappa shape index (κ3) is 4.44. The van der Waals surface area contributed by atoms with Crippen LogP contribution in [0.1, 0.15) is 18.5 Å². The molecule has 0 spiro atoms. The summed E-state index contributed by atoms with van der Waals surface area (Å²) in [6.07, 6.45) is 0. The minimum Gasteiger partial charge on any atom is -0.504 e. The van der Waals surface area contributed by atoms with Gasteiger partial charge in [-0.3, -0.25) is 9.80 Å². The number of methoxy groups -OCH3 is 1. The Hall–Kier alpha value is -1.34. The molecule has 2 atom stereocenters. The van der Waals surface area contributed by atoms with Gasteiger partial charge in [0.25, 0.3) is 0 Å². The highest BCUT2D eigenvalue weighted by Gasteiger charge is 2.30. The second-order valence-corrected chi connectivity index (χ2v) is 7.34. The lowest BCUT2D eigenvalue weighted by Crippen LogP contribution is -2.54. The molecule has 25 heavy (non-hydrogen) atoms. The van der Waals surface area contributed by atoms with Crippen LogP contribution in [0.4, 0.5) is 0 Å². The molecule has 0 amide bonds. The monoisotopic (exact) mass is 348 g/mol. The summed E-state index contributed by atoms with van der Waals surface area (Å²) >= 11 is 0. The first kappa shape index (κ1) is 18.5. The van der Waals surface area contributed by atoms with Crippen molar-refractivity contribution < 1.29 is 9.84 Å². The lowest BCUT2D eigenvalue weighted by Gasteiger charge is -2.43. The quantitative estimate of drug-likeness (QED) is 0.827. The number of piperazine rings is 2. The Labute approximate surface area is 151 Å². The van der Waals surface area contributed by atoms with Crippen molar-refractivity contribution in [3.63, 3.8) is 0 Å². The van der Waals surface area contributed by atoms with Crippen LogP contribution in [-0.2, 0) is 0 Å². The molecule has 0 saturated carbocycles. The molecule has 0 aromatic heterocycles. The van der Waals surface area contributed by atoms with Gasteiger partial charge in [0, 0.05) is 64.4 Å². The summed E-state index contributed by atoms with van der Waals surface area (Å²) < 4.78 is 5.35. The molecule has 6 nitrogen and oxygen atoms in total. The van der Waals surface area contributed by atoms with Crippen LogP contribution in [0.25, 0.3) is 0 Å². The number of nitrogens with one attached hydrogen (secondary N) is 1. The molecule has 2 aliphatic heterocycles. The third-order valence-corrected chi connectivity index (χ3v) is 5.57. The topological polar surface area (TPSA) is 51.2 Å². The van der Waals surface area contributed by atoms with Gasteiger partial charge >= 0.3 is 0 Å². The van der Waals surface area contributed by atoms with Crippen molar-refractivity contribution in [2.45, 2.75) is 19.0 Å². The maximum Gasteiger partial charge on any atom is 0.160 e. The van der Waals surface area contributed by atoms with Crippen molar-refractivity contribution in [3.8, 4) is 11.5 Å². The number of likely N-dealkylation sites (N-methyl/N-ethyl adjacent to an activating group) is 1. The van der Waals surface area contributed by atoms with Crippen LogP contribution in [-0.4, -0.2) is 92.4 Å². The van der Waals surface area contributed by atoms with E-state index < -0.39 is 0 Å². The van der Waals surface area contributed by atoms with Gasteiger partial charge in [-0.15, -0.1) is 0 Å². The molecule has 2 saturated heterocycles. The highest BCUT2D eigenvalue weighted by atomic mass is 16.5. The Morgan fingerprint density at radius 3 is 2.68 bits per heavy atom. The minimum absolute atomic E-state index is 0.206. The zero-order valence-corrected chi connectivity index (χ0v) is 15.7. The molecule has 2 unspecified atom stereocenters. The number of hydrogen-bond donors (Lipinski definition) is 2. The number of ether oxygens (including phenoxy) is 1. The van der Waals surface area contributed by atoms with E-state index in [1.165, 1.54) is 5.56 Å². The molecule has 1 aromatic carbocycles. The molecule has 0 aliphatic carbocycles. The number of hydrogen-bond acceptors (Lipinski definition) is 6. The van der Waals surface area contributed by atoms with E-state index in [2.05, 4.69) is 34.0 Å². The summed E-state index contributed by atoms with van der Waals surface area (Å²) in [7, 11) is 3.81. The first-order chi connectivity index (χ1) is 12.1. The van der Waals surface area contributed by atoms with E-state index in [1.54, 1.807) is 13.2 Å². The molecular formula is C19H32N4O2. The first-order valence-electron chi connectivity index (χ1n) is 9.32. The molecule has 6 heteroatoms. The molecule has 1 aromatic rings. The SMILES string of the molecule is COc1cc(C(CN2CCN(C)CC2)N2CCNCC2C)ccc1O. The molecule has 0 radical (unpaired) electrons. The smallest absolute Gasteiger partial charge is 0.160 e. The fourth-order valence-electron chi connectivity index (χ4n) is 3.90. The standard InChI is InChI=1S/C19H32N4O2/c1-15-13-20-6-7-23(15)17(14-22-10-8-21(2)9-11-22)16-4-5-18(24)19(12-16)25-3/h4-5,12,15,17,20,24H,6-11,13-14H2,1-3H3. The van der Waals surface area contributed by atoms with Gasteiger partial charge in [-0.1, -0.05) is 6.07 Å². The molecular weight excluding hydrogens is 316 g/mol. The van der Waals surface area contributed by atoms with Gasteiger partial charge in [0.15, 0.2) is 11.5 Å². The predicted octanol–water partition coefficient (Wildman–Crippen LogP) is 0.983. The van der Waals surface area contributed by atoms with Crippen molar-refractivity contribution >= 4 is 0 Å². The van der Waals surface area contributed by atoms with Crippen molar-refractivity contribution in [1.29, 1.82) is 0 Å². The highest BCUT2D eigenvalue weighted by molar-refractivity contribution is 5.43. The van der Waals surface area contributed by atoms with E-state index >= 15 is 0 Å². The Kier molecular flexibility index (Phi) is 6.17. The van der Waals surface area contributed by atoms with Gasteiger partial charge in [0.1, 0.15) is 0 Å². The molecule has 140 valence electrons. The lowest BCUT2D eigenvalue weighted by atomic mass is 10.0. The molecule has 3 rings (SSSR count). The van der Waals surface area contributed by atoms with Gasteiger partial charge in [0.05, 0.1) is 7.11 Å². The average molecular weight is 348 g/mol. The summed E-state index contributed by atoms with van der Waals surface area (Å²) in [6, 6.07) is 6.62. The fourth-order valence-corrected chi connectivity index (χ4v) is 3.90. The summed E-state index contributed by atoms with van der Waals surface area (Å²) in [5, 5.41) is 13.5. The zero-order chi connectivity index (χ0) is 17.8. The van der Waals surface area contributed by atoms with Crippen molar-refractivity contribution in [2.75, 3.05) is 66.5 Å². The van der Waals surface area contributed by atoms with Gasteiger partial charge in [-0.2, -0.15) is 0 Å². The van der Waals surface area contributed by atoms with Crippen LogP contribution in [0.15, 0.2) is 18.2 Å². The second kappa shape index (κ2) is 8.36. The van der Waals surface area contributed by atoms with E-state index in [9.17, 15) is 5.11 Å². The van der Waals surface area contributed by atoms with Gasteiger partial charge in [-0.05, 0) is 31.7 Å². The second-order valence-electron chi connectivity index (χ2n) is 7.34. The Balaban J connectivity index is 1.83. The van der Waals surface area contributed by atoms with Gasteiger partial charge < -0.3 is 20.1 Å². The van der Waals surface area contributed by atoms with Crippen LogP contribution in [0.2, 0.25) is 0 Å². The lowest BCUT2D eigenvalue weighted by molar-refractivity contribution is 0.0660. The molecule has 2 N–H and O–H groups in total. The summed E-state index contributed by atoms with van der Waals surface area (Å²) in [4.78, 5) is 7.56. The number of phenols is 1. The molecule has 2 heterocycles. The molecule has 2 aliphatic rings. The maximum atomic E-state index is 9.97. The van der Waals surface area contributed by atoms with Crippen LogP contribution < -0.4 is 10.1 Å². The first-order valence-corrected chi connectivity index (χ1v) is 9.32. The minimum atomic E-state index is 0.206. The summed E-state index contributed by atoms with van der Waals surface area (Å²) in [6.45, 7) is 10.9. The normalized spacial score (nSPS) is 25.0.